The number of nitrogens with one attached hydrogen (secondary N) is 1. The van der Waals surface area contributed by atoms with Crippen LogP contribution < -0.4 is 10.1 Å². The number of piperidine rings is 1. The Morgan fingerprint density at radius 2 is 2.14 bits per heavy atom. The number of benzene rings is 1. The molecule has 0 bridgehead atoms. The Hall–Kier alpha value is -2.41. The number of fused-ring (bicyclic) bond motifs is 1. The average molecular weight is 304 g/mol. The SMILES string of the molecule is COc1c(CO)ccc2c1CN(C1CCC(=O)NC1=O)C2=O. The van der Waals surface area contributed by atoms with Crippen LogP contribution in [0.4, 0.5) is 0 Å². The molecule has 2 N–H and O–H groups in total. The monoisotopic (exact) mass is 304 g/mol. The zero-order chi connectivity index (χ0) is 15.9. The lowest BCUT2D eigenvalue weighted by Crippen LogP contribution is -2.52. The molecule has 1 fully saturated rings. The van der Waals surface area contributed by atoms with Crippen molar-refractivity contribution in [2.24, 2.45) is 0 Å². The Labute approximate surface area is 126 Å². The molecule has 1 atom stereocenters. The third kappa shape index (κ3) is 2.14. The van der Waals surface area contributed by atoms with Gasteiger partial charge in [-0.05, 0) is 12.5 Å². The summed E-state index contributed by atoms with van der Waals surface area (Å²) >= 11 is 0. The van der Waals surface area contributed by atoms with E-state index in [0.717, 1.165) is 0 Å². The van der Waals surface area contributed by atoms with E-state index in [1.165, 1.54) is 12.0 Å². The minimum atomic E-state index is -0.653. The van der Waals surface area contributed by atoms with Crippen molar-refractivity contribution in [3.63, 3.8) is 0 Å². The van der Waals surface area contributed by atoms with Crippen molar-refractivity contribution in [3.05, 3.63) is 28.8 Å². The summed E-state index contributed by atoms with van der Waals surface area (Å²) in [5, 5.41) is 11.6. The summed E-state index contributed by atoms with van der Waals surface area (Å²) in [7, 11) is 1.48. The Balaban J connectivity index is 1.94. The van der Waals surface area contributed by atoms with E-state index in [1.54, 1.807) is 12.1 Å². The van der Waals surface area contributed by atoms with E-state index < -0.39 is 11.9 Å². The van der Waals surface area contributed by atoms with Crippen LogP contribution in [0.2, 0.25) is 0 Å². The molecule has 3 amide bonds. The van der Waals surface area contributed by atoms with Crippen molar-refractivity contribution in [1.82, 2.24) is 10.2 Å². The molecule has 1 aromatic rings. The Morgan fingerprint density at radius 1 is 1.36 bits per heavy atom. The summed E-state index contributed by atoms with van der Waals surface area (Å²) in [5.74, 6) is -0.542. The highest BCUT2D eigenvalue weighted by Gasteiger charge is 2.40. The number of carbonyl (C=O) groups excluding carboxylic acids is 3. The number of carbonyl (C=O) groups is 3. The van der Waals surface area contributed by atoms with Gasteiger partial charge in [-0.3, -0.25) is 19.7 Å². The van der Waals surface area contributed by atoms with Crippen LogP contribution in [-0.2, 0) is 22.7 Å². The molecule has 0 aromatic heterocycles. The van der Waals surface area contributed by atoms with Crippen molar-refractivity contribution < 1.29 is 24.2 Å². The molecule has 2 aliphatic rings. The fourth-order valence-electron chi connectivity index (χ4n) is 3.04. The quantitative estimate of drug-likeness (QED) is 0.763. The van der Waals surface area contributed by atoms with Gasteiger partial charge < -0.3 is 14.7 Å². The molecule has 116 valence electrons. The van der Waals surface area contributed by atoms with Crippen LogP contribution in [0, 0.1) is 0 Å². The fourth-order valence-corrected chi connectivity index (χ4v) is 3.04. The van der Waals surface area contributed by atoms with Crippen molar-refractivity contribution in [2.75, 3.05) is 7.11 Å². The van der Waals surface area contributed by atoms with Gasteiger partial charge in [-0.2, -0.15) is 0 Å². The van der Waals surface area contributed by atoms with E-state index in [1.807, 2.05) is 0 Å². The highest BCUT2D eigenvalue weighted by atomic mass is 16.5. The molecular weight excluding hydrogens is 288 g/mol. The number of hydrogen-bond acceptors (Lipinski definition) is 5. The van der Waals surface area contributed by atoms with Crippen molar-refractivity contribution >= 4 is 17.7 Å². The molecule has 0 radical (unpaired) electrons. The second-order valence-corrected chi connectivity index (χ2v) is 5.34. The van der Waals surface area contributed by atoms with Gasteiger partial charge in [0, 0.05) is 23.1 Å². The summed E-state index contributed by atoms with van der Waals surface area (Å²) in [5.41, 5.74) is 1.74. The first-order chi connectivity index (χ1) is 10.6. The first kappa shape index (κ1) is 14.5. The highest BCUT2D eigenvalue weighted by molar-refractivity contribution is 6.05. The van der Waals surface area contributed by atoms with E-state index in [4.69, 9.17) is 4.74 Å². The highest BCUT2D eigenvalue weighted by Crippen LogP contribution is 2.35. The number of ether oxygens (including phenoxy) is 1. The molecule has 7 nitrogen and oxygen atoms in total. The summed E-state index contributed by atoms with van der Waals surface area (Å²) in [4.78, 5) is 37.2. The third-order valence-corrected chi connectivity index (χ3v) is 4.12. The molecule has 1 aromatic carbocycles. The van der Waals surface area contributed by atoms with Gasteiger partial charge in [0.25, 0.3) is 5.91 Å². The maximum absolute atomic E-state index is 12.5. The van der Waals surface area contributed by atoms with Gasteiger partial charge in [-0.1, -0.05) is 6.07 Å². The molecule has 3 rings (SSSR count). The number of rotatable bonds is 3. The van der Waals surface area contributed by atoms with Gasteiger partial charge in [-0.15, -0.1) is 0 Å². The van der Waals surface area contributed by atoms with Crippen LogP contribution >= 0.6 is 0 Å². The smallest absolute Gasteiger partial charge is 0.255 e. The van der Waals surface area contributed by atoms with E-state index in [2.05, 4.69) is 5.32 Å². The van der Waals surface area contributed by atoms with Gasteiger partial charge in [0.2, 0.25) is 11.8 Å². The third-order valence-electron chi connectivity index (χ3n) is 4.12. The Kier molecular flexibility index (Phi) is 3.58. The number of aliphatic hydroxyl groups excluding tert-OH is 1. The van der Waals surface area contributed by atoms with Crippen LogP contribution in [0.5, 0.6) is 5.75 Å². The molecule has 2 heterocycles. The van der Waals surface area contributed by atoms with E-state index in [-0.39, 0.29) is 31.4 Å². The molecule has 0 saturated carbocycles. The predicted octanol–water partition coefficient (Wildman–Crippen LogP) is -0.0515. The van der Waals surface area contributed by atoms with E-state index in [0.29, 0.717) is 28.9 Å². The van der Waals surface area contributed by atoms with Crippen LogP contribution in [0.15, 0.2) is 12.1 Å². The van der Waals surface area contributed by atoms with Gasteiger partial charge in [-0.25, -0.2) is 0 Å². The van der Waals surface area contributed by atoms with E-state index >= 15 is 0 Å². The molecule has 1 saturated heterocycles. The minimum absolute atomic E-state index is 0.191. The van der Waals surface area contributed by atoms with Crippen LogP contribution in [0.1, 0.15) is 34.3 Å². The standard InChI is InChI=1S/C15H16N2O5/c1-22-13-8(7-18)2-3-9-10(13)6-17(15(9)21)11-4-5-12(19)16-14(11)20/h2-3,11,18H,4-7H2,1H3,(H,16,19,20). The zero-order valence-corrected chi connectivity index (χ0v) is 12.1. The first-order valence-electron chi connectivity index (χ1n) is 7.01. The van der Waals surface area contributed by atoms with E-state index in [9.17, 15) is 19.5 Å². The molecule has 2 aliphatic heterocycles. The molecule has 1 unspecified atom stereocenters. The van der Waals surface area contributed by atoms with Crippen LogP contribution in [-0.4, -0.2) is 40.9 Å². The summed E-state index contributed by atoms with van der Waals surface area (Å²) in [6, 6.07) is 2.63. The van der Waals surface area contributed by atoms with Crippen LogP contribution in [0.25, 0.3) is 0 Å². The lowest BCUT2D eigenvalue weighted by molar-refractivity contribution is -0.136. The topological polar surface area (TPSA) is 95.9 Å². The number of aliphatic hydroxyl groups is 1. The second-order valence-electron chi connectivity index (χ2n) is 5.34. The summed E-state index contributed by atoms with van der Waals surface area (Å²) in [6.07, 6.45) is 0.537. The Morgan fingerprint density at radius 3 is 2.77 bits per heavy atom. The van der Waals surface area contributed by atoms with Crippen LogP contribution in [0.3, 0.4) is 0 Å². The number of hydrogen-bond donors (Lipinski definition) is 2. The number of methoxy groups -OCH3 is 1. The zero-order valence-electron chi connectivity index (χ0n) is 12.1. The summed E-state index contributed by atoms with van der Waals surface area (Å²) in [6.45, 7) is 0.0422. The number of imide groups is 1. The van der Waals surface area contributed by atoms with Gasteiger partial charge >= 0.3 is 0 Å². The van der Waals surface area contributed by atoms with Crippen molar-refractivity contribution in [3.8, 4) is 5.75 Å². The second kappa shape index (κ2) is 5.42. The maximum atomic E-state index is 12.5. The molecule has 22 heavy (non-hydrogen) atoms. The molecular formula is C15H16N2O5. The van der Waals surface area contributed by atoms with Gasteiger partial charge in [0.05, 0.1) is 20.3 Å². The van der Waals surface area contributed by atoms with Crippen molar-refractivity contribution in [1.29, 1.82) is 0 Å². The number of nitrogens with zero attached hydrogens (tertiary/aromatic N) is 1. The first-order valence-corrected chi connectivity index (χ1v) is 7.01. The normalized spacial score (nSPS) is 20.9. The lowest BCUT2D eigenvalue weighted by atomic mass is 10.0. The molecule has 7 heteroatoms. The largest absolute Gasteiger partial charge is 0.496 e. The summed E-state index contributed by atoms with van der Waals surface area (Å²) < 4.78 is 5.31. The number of amides is 3. The lowest BCUT2D eigenvalue weighted by Gasteiger charge is -2.29. The van der Waals surface area contributed by atoms with Gasteiger partial charge in [0.1, 0.15) is 11.8 Å². The van der Waals surface area contributed by atoms with Crippen molar-refractivity contribution in [2.45, 2.75) is 32.0 Å². The fraction of sp³-hybridized carbons (Fsp3) is 0.400. The van der Waals surface area contributed by atoms with Gasteiger partial charge in [0.15, 0.2) is 0 Å². The minimum Gasteiger partial charge on any atom is -0.496 e. The maximum Gasteiger partial charge on any atom is 0.255 e. The molecule has 0 spiro atoms. The average Bonchev–Trinajstić information content (AvgIpc) is 2.83. The Bertz CT molecular complexity index is 670. The predicted molar refractivity (Wildman–Crippen MR) is 75.0 cm³/mol. The molecule has 0 aliphatic carbocycles.